The Bertz CT molecular complexity index is 1390. The van der Waals surface area contributed by atoms with Crippen LogP contribution in [0.25, 0.3) is 33.6 Å². The predicted octanol–water partition coefficient (Wildman–Crippen LogP) is 5.80. The molecule has 0 fully saturated rings. The number of nitrogens with zero attached hydrogens (tertiary/aromatic N) is 2. The zero-order valence-corrected chi connectivity index (χ0v) is 17.2. The van der Waals surface area contributed by atoms with Crippen molar-refractivity contribution in [1.82, 2.24) is 10.2 Å². The smallest absolute Gasteiger partial charge is 0.322 e. The number of carbonyl (C=O) groups is 1. The zero-order chi connectivity index (χ0) is 21.9. The van der Waals surface area contributed by atoms with Crippen molar-refractivity contribution in [2.45, 2.75) is 6.92 Å². The predicted molar refractivity (Wildman–Crippen MR) is 121 cm³/mol. The molecule has 5 aromatic rings. The number of rotatable bonds is 6. The summed E-state index contributed by atoms with van der Waals surface area (Å²) in [6.07, 6.45) is 1.51. The molecule has 1 N–H and O–H groups in total. The van der Waals surface area contributed by atoms with Crippen LogP contribution < -0.4 is 10.1 Å². The van der Waals surface area contributed by atoms with E-state index >= 15 is 0 Å². The van der Waals surface area contributed by atoms with Crippen molar-refractivity contribution in [3.05, 3.63) is 84.6 Å². The fourth-order valence-electron chi connectivity index (χ4n) is 3.58. The fourth-order valence-corrected chi connectivity index (χ4v) is 3.58. The summed E-state index contributed by atoms with van der Waals surface area (Å²) in [7, 11) is 0. The maximum atomic E-state index is 12.9. The molecular formula is C25H19N3O4. The van der Waals surface area contributed by atoms with Crippen LogP contribution in [0, 0.1) is 0 Å². The van der Waals surface area contributed by atoms with Gasteiger partial charge < -0.3 is 13.6 Å². The first kappa shape index (κ1) is 19.6. The van der Waals surface area contributed by atoms with Crippen LogP contribution >= 0.6 is 0 Å². The van der Waals surface area contributed by atoms with E-state index in [1.165, 1.54) is 6.26 Å². The molecule has 7 heteroatoms. The number of fused-ring (bicyclic) bond motifs is 1. The number of furan rings is 1. The van der Waals surface area contributed by atoms with Crippen LogP contribution in [0.4, 0.5) is 6.01 Å². The standard InChI is InChI=1S/C25H19N3O4/c1-2-30-20-13-12-16-7-3-4-10-19(16)22(20)17-8-5-9-18(15-17)23(29)26-25-28-27-24(32-25)21-11-6-14-31-21/h3-15H,2H2,1H3,(H,26,28,29). The van der Waals surface area contributed by atoms with E-state index < -0.39 is 0 Å². The molecule has 1 amide bonds. The number of hydrogen-bond donors (Lipinski definition) is 1. The summed E-state index contributed by atoms with van der Waals surface area (Å²) >= 11 is 0. The quantitative estimate of drug-likeness (QED) is 0.370. The molecule has 5 rings (SSSR count). The first-order valence-corrected chi connectivity index (χ1v) is 10.2. The minimum Gasteiger partial charge on any atom is -0.493 e. The molecule has 0 aliphatic heterocycles. The van der Waals surface area contributed by atoms with Gasteiger partial charge in [-0.15, -0.1) is 5.10 Å². The summed E-state index contributed by atoms with van der Waals surface area (Å²) in [5.41, 5.74) is 2.27. The molecule has 0 aliphatic carbocycles. The lowest BCUT2D eigenvalue weighted by molar-refractivity contribution is 0.102. The summed E-state index contributed by atoms with van der Waals surface area (Å²) in [6.45, 7) is 2.49. The van der Waals surface area contributed by atoms with Crippen molar-refractivity contribution >= 4 is 22.7 Å². The van der Waals surface area contributed by atoms with E-state index in [9.17, 15) is 4.79 Å². The number of anilines is 1. The maximum Gasteiger partial charge on any atom is 0.322 e. The average Bonchev–Trinajstić information content (AvgIpc) is 3.51. The summed E-state index contributed by atoms with van der Waals surface area (Å²) in [6, 6.07) is 22.8. The number of benzene rings is 3. The molecular weight excluding hydrogens is 406 g/mol. The molecule has 0 aliphatic rings. The van der Waals surface area contributed by atoms with Crippen LogP contribution in [0.2, 0.25) is 0 Å². The van der Waals surface area contributed by atoms with Crippen LogP contribution in [0.15, 0.2) is 87.9 Å². The van der Waals surface area contributed by atoms with Gasteiger partial charge in [0.15, 0.2) is 5.76 Å². The summed E-state index contributed by atoms with van der Waals surface area (Å²) < 4.78 is 16.6. The van der Waals surface area contributed by atoms with E-state index in [2.05, 4.69) is 27.6 Å². The van der Waals surface area contributed by atoms with Crippen LogP contribution in [0.5, 0.6) is 5.75 Å². The van der Waals surface area contributed by atoms with Crippen LogP contribution in [0.1, 0.15) is 17.3 Å². The van der Waals surface area contributed by atoms with E-state index in [1.54, 1.807) is 18.2 Å². The lowest BCUT2D eigenvalue weighted by Gasteiger charge is -2.14. The lowest BCUT2D eigenvalue weighted by Crippen LogP contribution is -2.12. The molecule has 3 aromatic carbocycles. The van der Waals surface area contributed by atoms with Gasteiger partial charge in [-0.3, -0.25) is 10.1 Å². The highest BCUT2D eigenvalue weighted by atomic mass is 16.5. The number of aromatic nitrogens is 2. The van der Waals surface area contributed by atoms with Crippen LogP contribution in [0.3, 0.4) is 0 Å². The van der Waals surface area contributed by atoms with Gasteiger partial charge in [0.25, 0.3) is 11.8 Å². The number of amides is 1. The molecule has 0 saturated heterocycles. The molecule has 7 nitrogen and oxygen atoms in total. The second-order valence-electron chi connectivity index (χ2n) is 7.02. The zero-order valence-electron chi connectivity index (χ0n) is 17.2. The Balaban J connectivity index is 1.48. The maximum absolute atomic E-state index is 12.9. The number of hydrogen-bond acceptors (Lipinski definition) is 6. The van der Waals surface area contributed by atoms with Gasteiger partial charge in [-0.1, -0.05) is 47.6 Å². The van der Waals surface area contributed by atoms with Crippen molar-refractivity contribution in [3.63, 3.8) is 0 Å². The molecule has 0 atom stereocenters. The highest BCUT2D eigenvalue weighted by Gasteiger charge is 2.16. The monoisotopic (exact) mass is 425 g/mol. The van der Waals surface area contributed by atoms with E-state index in [4.69, 9.17) is 13.6 Å². The fraction of sp³-hybridized carbons (Fsp3) is 0.0800. The number of nitrogens with one attached hydrogen (secondary N) is 1. The number of ether oxygens (including phenoxy) is 1. The van der Waals surface area contributed by atoms with Crippen molar-refractivity contribution in [2.24, 2.45) is 0 Å². The molecule has 2 aromatic heterocycles. The van der Waals surface area contributed by atoms with Gasteiger partial charge in [0.1, 0.15) is 5.75 Å². The third-order valence-corrected chi connectivity index (χ3v) is 4.98. The summed E-state index contributed by atoms with van der Waals surface area (Å²) in [5, 5.41) is 12.6. The highest BCUT2D eigenvalue weighted by molar-refractivity contribution is 6.05. The van der Waals surface area contributed by atoms with E-state index in [0.717, 1.165) is 27.6 Å². The lowest BCUT2D eigenvalue weighted by atomic mass is 9.96. The Morgan fingerprint density at radius 3 is 2.75 bits per heavy atom. The third kappa shape index (κ3) is 3.72. The Hall–Kier alpha value is -4.39. The molecule has 0 radical (unpaired) electrons. The van der Waals surface area contributed by atoms with E-state index in [0.29, 0.717) is 17.9 Å². The molecule has 0 saturated carbocycles. The molecule has 158 valence electrons. The summed E-state index contributed by atoms with van der Waals surface area (Å²) in [5.74, 6) is 1.03. The average molecular weight is 425 g/mol. The highest BCUT2D eigenvalue weighted by Crippen LogP contribution is 2.37. The van der Waals surface area contributed by atoms with E-state index in [-0.39, 0.29) is 17.8 Å². The molecule has 0 unspecified atom stereocenters. The van der Waals surface area contributed by atoms with E-state index in [1.807, 2.05) is 49.4 Å². The van der Waals surface area contributed by atoms with Gasteiger partial charge in [-0.25, -0.2) is 0 Å². The van der Waals surface area contributed by atoms with Gasteiger partial charge >= 0.3 is 6.01 Å². The van der Waals surface area contributed by atoms with Crippen molar-refractivity contribution in [3.8, 4) is 28.5 Å². The Kier molecular flexibility index (Phi) is 5.13. The molecule has 32 heavy (non-hydrogen) atoms. The number of carbonyl (C=O) groups excluding carboxylic acids is 1. The minimum absolute atomic E-state index is 0.00744. The normalized spacial score (nSPS) is 10.9. The largest absolute Gasteiger partial charge is 0.493 e. The third-order valence-electron chi connectivity index (χ3n) is 4.98. The molecule has 0 bridgehead atoms. The second kappa shape index (κ2) is 8.39. The van der Waals surface area contributed by atoms with Gasteiger partial charge in [-0.05, 0) is 53.6 Å². The summed E-state index contributed by atoms with van der Waals surface area (Å²) in [4.78, 5) is 12.9. The van der Waals surface area contributed by atoms with Gasteiger partial charge in [0, 0.05) is 11.1 Å². The molecule has 0 spiro atoms. The first-order chi connectivity index (χ1) is 15.7. The van der Waals surface area contributed by atoms with Crippen molar-refractivity contribution in [2.75, 3.05) is 11.9 Å². The Labute approximate surface area is 183 Å². The van der Waals surface area contributed by atoms with Crippen LogP contribution in [-0.4, -0.2) is 22.7 Å². The van der Waals surface area contributed by atoms with Gasteiger partial charge in [-0.2, -0.15) is 0 Å². The van der Waals surface area contributed by atoms with Gasteiger partial charge in [0.05, 0.1) is 12.9 Å². The second-order valence-corrected chi connectivity index (χ2v) is 7.02. The minimum atomic E-state index is -0.361. The van der Waals surface area contributed by atoms with Gasteiger partial charge in [0.2, 0.25) is 0 Å². The topological polar surface area (TPSA) is 90.4 Å². The van der Waals surface area contributed by atoms with Crippen LogP contribution in [-0.2, 0) is 0 Å². The van der Waals surface area contributed by atoms with Crippen molar-refractivity contribution < 1.29 is 18.4 Å². The molecule has 2 heterocycles. The Morgan fingerprint density at radius 2 is 1.91 bits per heavy atom. The first-order valence-electron chi connectivity index (χ1n) is 10.2. The SMILES string of the molecule is CCOc1ccc2ccccc2c1-c1cccc(C(=O)Nc2nnc(-c3ccco3)o2)c1. The van der Waals surface area contributed by atoms with Crippen molar-refractivity contribution in [1.29, 1.82) is 0 Å². The Morgan fingerprint density at radius 1 is 1.00 bits per heavy atom.